The molecule has 0 radical (unpaired) electrons. The molecule has 4 nitrogen and oxygen atoms in total. The molecule has 0 spiro atoms. The first-order valence-electron chi connectivity index (χ1n) is 7.56. The van der Waals surface area contributed by atoms with Crippen LogP contribution in [0.25, 0.3) is 0 Å². The molecule has 0 saturated carbocycles. The number of nitro benzene ring substituents is 1. The topological polar surface area (TPSA) is 60.2 Å². The van der Waals surface area contributed by atoms with Gasteiger partial charge in [-0.1, -0.05) is 68.1 Å². The van der Waals surface area contributed by atoms with Crippen molar-refractivity contribution in [2.45, 2.75) is 13.8 Å². The fourth-order valence-electron chi connectivity index (χ4n) is 2.62. The molecule has 0 unspecified atom stereocenters. The van der Waals surface area contributed by atoms with Gasteiger partial charge in [-0.05, 0) is 23.6 Å². The summed E-state index contributed by atoms with van der Waals surface area (Å²) in [6.07, 6.45) is 0.469. The Kier molecular flexibility index (Phi) is 5.79. The Morgan fingerprint density at radius 2 is 1.48 bits per heavy atom. The largest absolute Gasteiger partial charge is 0.289 e. The Bertz CT molecular complexity index is 874. The van der Waals surface area contributed by atoms with Gasteiger partial charge in [-0.15, -0.1) is 0 Å². The van der Waals surface area contributed by atoms with Crippen LogP contribution in [0, 0.1) is 10.1 Å². The molecule has 3 aromatic rings. The Morgan fingerprint density at radius 3 is 2.08 bits per heavy atom. The van der Waals surface area contributed by atoms with Crippen molar-refractivity contribution in [1.29, 1.82) is 0 Å². The molecule has 0 heterocycles. The van der Waals surface area contributed by atoms with Crippen LogP contribution in [-0.4, -0.2) is 10.7 Å². The molecule has 25 heavy (non-hydrogen) atoms. The molecule has 0 atom stereocenters. The van der Waals surface area contributed by atoms with E-state index < -0.39 is 4.92 Å². The number of nitrogens with zero attached hydrogens (tertiary/aromatic N) is 1. The number of benzene rings is 3. The first kappa shape index (κ1) is 18.1. The lowest BCUT2D eigenvalue weighted by Crippen LogP contribution is -2.07. The predicted molar refractivity (Wildman–Crippen MR) is 98.9 cm³/mol. The Morgan fingerprint density at radius 1 is 0.880 bits per heavy atom. The van der Waals surface area contributed by atoms with Crippen molar-refractivity contribution in [2.24, 2.45) is 0 Å². The molecule has 0 saturated heterocycles. The second-order valence-corrected chi connectivity index (χ2v) is 5.46. The standard InChI is InChI=1S/C20H15NO3.CH4/c22-20(16-9-5-2-6-10-16)19-12-11-18(21(23)24)14-17(19)13-15-7-3-1-4-8-15;/h1-12,14H,13H2;1H4. The van der Waals surface area contributed by atoms with E-state index in [0.717, 1.165) is 5.56 Å². The van der Waals surface area contributed by atoms with Crippen molar-refractivity contribution in [3.8, 4) is 0 Å². The molecule has 0 aliphatic heterocycles. The number of carbonyl (C=O) groups excluding carboxylic acids is 1. The molecule has 0 N–H and O–H groups in total. The number of hydrogen-bond acceptors (Lipinski definition) is 3. The highest BCUT2D eigenvalue weighted by atomic mass is 16.6. The predicted octanol–water partition coefficient (Wildman–Crippen LogP) is 5.05. The summed E-state index contributed by atoms with van der Waals surface area (Å²) >= 11 is 0. The third kappa shape index (κ3) is 4.18. The van der Waals surface area contributed by atoms with Gasteiger partial charge in [0.05, 0.1) is 4.92 Å². The molecule has 0 aromatic heterocycles. The van der Waals surface area contributed by atoms with Crippen LogP contribution in [0.5, 0.6) is 0 Å². The zero-order valence-electron chi connectivity index (χ0n) is 12.9. The van der Waals surface area contributed by atoms with E-state index in [0.29, 0.717) is 23.1 Å². The molecule has 3 aromatic carbocycles. The first-order chi connectivity index (χ1) is 11.6. The summed E-state index contributed by atoms with van der Waals surface area (Å²) in [6, 6.07) is 23.0. The van der Waals surface area contributed by atoms with E-state index in [9.17, 15) is 14.9 Å². The van der Waals surface area contributed by atoms with Crippen LogP contribution in [0.15, 0.2) is 78.9 Å². The summed E-state index contributed by atoms with van der Waals surface area (Å²) < 4.78 is 0. The van der Waals surface area contributed by atoms with Gasteiger partial charge in [0.2, 0.25) is 0 Å². The highest BCUT2D eigenvalue weighted by Gasteiger charge is 2.17. The molecular formula is C21H19NO3. The lowest BCUT2D eigenvalue weighted by atomic mass is 9.94. The van der Waals surface area contributed by atoms with Crippen LogP contribution < -0.4 is 0 Å². The van der Waals surface area contributed by atoms with Crippen LogP contribution in [-0.2, 0) is 6.42 Å². The maximum Gasteiger partial charge on any atom is 0.269 e. The number of hydrogen-bond donors (Lipinski definition) is 0. The molecule has 0 aliphatic carbocycles. The second-order valence-electron chi connectivity index (χ2n) is 5.46. The zero-order valence-corrected chi connectivity index (χ0v) is 12.9. The normalized spacial score (nSPS) is 9.92. The Labute approximate surface area is 146 Å². The van der Waals surface area contributed by atoms with Gasteiger partial charge in [0.25, 0.3) is 5.69 Å². The van der Waals surface area contributed by atoms with E-state index in [-0.39, 0.29) is 18.9 Å². The smallest absolute Gasteiger partial charge is 0.269 e. The van der Waals surface area contributed by atoms with E-state index in [1.54, 1.807) is 30.3 Å². The third-order valence-electron chi connectivity index (χ3n) is 3.82. The van der Waals surface area contributed by atoms with Gasteiger partial charge in [-0.3, -0.25) is 14.9 Å². The van der Waals surface area contributed by atoms with Crippen molar-refractivity contribution >= 4 is 11.5 Å². The van der Waals surface area contributed by atoms with Gasteiger partial charge in [-0.2, -0.15) is 0 Å². The van der Waals surface area contributed by atoms with Crippen LogP contribution in [0.4, 0.5) is 5.69 Å². The van der Waals surface area contributed by atoms with Gasteiger partial charge < -0.3 is 0 Å². The third-order valence-corrected chi connectivity index (χ3v) is 3.82. The van der Waals surface area contributed by atoms with Crippen molar-refractivity contribution in [1.82, 2.24) is 0 Å². The lowest BCUT2D eigenvalue weighted by molar-refractivity contribution is -0.384. The maximum absolute atomic E-state index is 12.8. The van der Waals surface area contributed by atoms with Gasteiger partial charge in [0.1, 0.15) is 0 Å². The highest BCUT2D eigenvalue weighted by Crippen LogP contribution is 2.23. The van der Waals surface area contributed by atoms with Crippen LogP contribution in [0.1, 0.15) is 34.5 Å². The summed E-state index contributed by atoms with van der Waals surface area (Å²) in [5.41, 5.74) is 2.71. The van der Waals surface area contributed by atoms with Gasteiger partial charge in [0.15, 0.2) is 5.78 Å². The average molecular weight is 333 g/mol. The molecule has 3 rings (SSSR count). The number of ketones is 1. The van der Waals surface area contributed by atoms with Crippen LogP contribution in [0.3, 0.4) is 0 Å². The molecule has 0 aliphatic rings. The van der Waals surface area contributed by atoms with Gasteiger partial charge in [-0.25, -0.2) is 0 Å². The molecule has 0 bridgehead atoms. The van der Waals surface area contributed by atoms with E-state index in [1.807, 2.05) is 36.4 Å². The fourth-order valence-corrected chi connectivity index (χ4v) is 2.62. The molecular weight excluding hydrogens is 314 g/mol. The van der Waals surface area contributed by atoms with Crippen LogP contribution >= 0.6 is 0 Å². The van der Waals surface area contributed by atoms with Gasteiger partial charge >= 0.3 is 0 Å². The van der Waals surface area contributed by atoms with E-state index in [2.05, 4.69) is 0 Å². The van der Waals surface area contributed by atoms with Crippen molar-refractivity contribution in [3.05, 3.63) is 111 Å². The zero-order chi connectivity index (χ0) is 16.9. The average Bonchev–Trinajstić information content (AvgIpc) is 2.62. The van der Waals surface area contributed by atoms with E-state index >= 15 is 0 Å². The van der Waals surface area contributed by atoms with Crippen molar-refractivity contribution in [3.63, 3.8) is 0 Å². The number of nitro groups is 1. The highest BCUT2D eigenvalue weighted by molar-refractivity contribution is 6.10. The number of non-ortho nitro benzene ring substituents is 1. The summed E-state index contributed by atoms with van der Waals surface area (Å²) in [4.78, 5) is 23.4. The minimum absolute atomic E-state index is 0. The van der Waals surface area contributed by atoms with Crippen LogP contribution in [0.2, 0.25) is 0 Å². The van der Waals surface area contributed by atoms with Crippen molar-refractivity contribution < 1.29 is 9.72 Å². The summed E-state index contributed by atoms with van der Waals surface area (Å²) in [6.45, 7) is 0. The lowest BCUT2D eigenvalue weighted by Gasteiger charge is -2.09. The fraction of sp³-hybridized carbons (Fsp3) is 0.0952. The van der Waals surface area contributed by atoms with Crippen molar-refractivity contribution in [2.75, 3.05) is 0 Å². The second kappa shape index (κ2) is 8.02. The van der Waals surface area contributed by atoms with E-state index in [1.165, 1.54) is 12.1 Å². The molecule has 126 valence electrons. The molecule has 0 fully saturated rings. The minimum Gasteiger partial charge on any atom is -0.289 e. The SMILES string of the molecule is C.O=C(c1ccccc1)c1ccc([N+](=O)[O-])cc1Cc1ccccc1. The maximum atomic E-state index is 12.8. The Hall–Kier alpha value is -3.27. The summed E-state index contributed by atoms with van der Waals surface area (Å²) in [5.74, 6) is -0.128. The Balaban J connectivity index is 0.00000225. The number of rotatable bonds is 5. The minimum atomic E-state index is -0.439. The van der Waals surface area contributed by atoms with E-state index in [4.69, 9.17) is 0 Å². The first-order valence-corrected chi connectivity index (χ1v) is 7.56. The quantitative estimate of drug-likeness (QED) is 0.373. The summed E-state index contributed by atoms with van der Waals surface area (Å²) in [7, 11) is 0. The van der Waals surface area contributed by atoms with Gasteiger partial charge in [0, 0.05) is 23.3 Å². The monoisotopic (exact) mass is 333 g/mol. The number of carbonyl (C=O) groups is 1. The molecule has 0 amide bonds. The molecule has 4 heteroatoms. The summed E-state index contributed by atoms with van der Waals surface area (Å²) in [5, 5.41) is 11.1.